The highest BCUT2D eigenvalue weighted by Gasteiger charge is 2.17. The molecule has 0 N–H and O–H groups in total. The standard InChI is InChI=1S/C41H23N3O2/c1-2-9-25-20-27(17-16-24(25)8-1)39-42-40(28-18-19-31-29-11-3-5-14-35(29)45-37(31)22-28)44-41(43-39)32-13-7-10-26-21-38-34(23-33(26)32)30-12-4-6-15-36(30)46-38/h1-23H. The lowest BCUT2D eigenvalue weighted by Gasteiger charge is -2.11. The number of fused-ring (bicyclic) bond motifs is 8. The molecule has 0 atom stereocenters. The van der Waals surface area contributed by atoms with Crippen molar-refractivity contribution in [2.24, 2.45) is 0 Å². The lowest BCUT2D eigenvalue weighted by molar-refractivity contribution is 0.669. The summed E-state index contributed by atoms with van der Waals surface area (Å²) in [4.78, 5) is 15.3. The first-order valence-electron chi connectivity index (χ1n) is 15.3. The Labute approximate surface area is 262 Å². The van der Waals surface area contributed by atoms with Crippen LogP contribution in [0.15, 0.2) is 148 Å². The van der Waals surface area contributed by atoms with Gasteiger partial charge < -0.3 is 8.83 Å². The summed E-state index contributed by atoms with van der Waals surface area (Å²) < 4.78 is 12.4. The predicted molar refractivity (Wildman–Crippen MR) is 186 cm³/mol. The molecule has 0 spiro atoms. The van der Waals surface area contributed by atoms with Gasteiger partial charge in [-0.25, -0.2) is 15.0 Å². The zero-order valence-electron chi connectivity index (χ0n) is 24.4. The van der Waals surface area contributed by atoms with Crippen LogP contribution in [0.1, 0.15) is 0 Å². The van der Waals surface area contributed by atoms with Crippen molar-refractivity contribution in [2.45, 2.75) is 0 Å². The van der Waals surface area contributed by atoms with Gasteiger partial charge in [0, 0.05) is 38.2 Å². The fraction of sp³-hybridized carbons (Fsp3) is 0. The molecule has 10 aromatic rings. The number of hydrogen-bond donors (Lipinski definition) is 0. The summed E-state index contributed by atoms with van der Waals surface area (Å²) in [5.74, 6) is 1.81. The number of aromatic nitrogens is 3. The average molecular weight is 590 g/mol. The highest BCUT2D eigenvalue weighted by molar-refractivity contribution is 6.12. The molecule has 7 aromatic carbocycles. The van der Waals surface area contributed by atoms with Crippen LogP contribution >= 0.6 is 0 Å². The Balaban J connectivity index is 1.22. The van der Waals surface area contributed by atoms with Crippen molar-refractivity contribution >= 4 is 65.4 Å². The van der Waals surface area contributed by atoms with Gasteiger partial charge >= 0.3 is 0 Å². The van der Waals surface area contributed by atoms with E-state index in [0.717, 1.165) is 76.7 Å². The zero-order valence-corrected chi connectivity index (χ0v) is 24.4. The van der Waals surface area contributed by atoms with E-state index in [9.17, 15) is 0 Å². The second kappa shape index (κ2) is 9.58. The first-order valence-corrected chi connectivity index (χ1v) is 15.3. The highest BCUT2D eigenvalue weighted by Crippen LogP contribution is 2.37. The summed E-state index contributed by atoms with van der Waals surface area (Å²) in [6.45, 7) is 0. The summed E-state index contributed by atoms with van der Waals surface area (Å²) in [5.41, 5.74) is 6.11. The second-order valence-electron chi connectivity index (χ2n) is 11.7. The molecule has 0 amide bonds. The highest BCUT2D eigenvalue weighted by atomic mass is 16.3. The second-order valence-corrected chi connectivity index (χ2v) is 11.7. The minimum absolute atomic E-state index is 0.586. The SMILES string of the molecule is c1ccc2cc(-c3nc(-c4ccc5c(c4)oc4ccccc45)nc(-c4cccc5cc6oc7ccccc7c6cc45)n3)ccc2c1. The molecule has 5 heteroatoms. The van der Waals surface area contributed by atoms with E-state index >= 15 is 0 Å². The van der Waals surface area contributed by atoms with E-state index in [2.05, 4.69) is 91.0 Å². The van der Waals surface area contributed by atoms with Crippen molar-refractivity contribution in [3.8, 4) is 34.2 Å². The van der Waals surface area contributed by atoms with Crippen LogP contribution in [0.3, 0.4) is 0 Å². The summed E-state index contributed by atoms with van der Waals surface area (Å²) in [6.07, 6.45) is 0. The fourth-order valence-electron chi connectivity index (χ4n) is 6.64. The van der Waals surface area contributed by atoms with Gasteiger partial charge in [-0.05, 0) is 64.0 Å². The van der Waals surface area contributed by atoms with E-state index in [1.54, 1.807) is 0 Å². The van der Waals surface area contributed by atoms with Crippen molar-refractivity contribution in [3.63, 3.8) is 0 Å². The molecule has 0 unspecified atom stereocenters. The van der Waals surface area contributed by atoms with Gasteiger partial charge in [-0.15, -0.1) is 0 Å². The predicted octanol–water partition coefficient (Wildman–Crippen LogP) is 11.0. The van der Waals surface area contributed by atoms with Crippen molar-refractivity contribution in [2.75, 3.05) is 0 Å². The van der Waals surface area contributed by atoms with Gasteiger partial charge in [-0.3, -0.25) is 0 Å². The van der Waals surface area contributed by atoms with Crippen LogP contribution in [-0.4, -0.2) is 15.0 Å². The van der Waals surface area contributed by atoms with Gasteiger partial charge in [0.25, 0.3) is 0 Å². The van der Waals surface area contributed by atoms with Crippen LogP contribution in [0.4, 0.5) is 0 Å². The molecule has 10 rings (SSSR count). The molecule has 0 saturated heterocycles. The Morgan fingerprint density at radius 2 is 0.913 bits per heavy atom. The van der Waals surface area contributed by atoms with E-state index in [4.69, 9.17) is 23.8 Å². The Bertz CT molecular complexity index is 2830. The number of rotatable bonds is 3. The molecule has 0 fully saturated rings. The summed E-state index contributed by atoms with van der Waals surface area (Å²) >= 11 is 0. The maximum Gasteiger partial charge on any atom is 0.164 e. The molecular formula is C41H23N3O2. The Kier molecular flexibility index (Phi) is 5.22. The first-order chi connectivity index (χ1) is 22.7. The average Bonchev–Trinajstić information content (AvgIpc) is 3.67. The summed E-state index contributed by atoms with van der Waals surface area (Å²) in [5, 5.41) is 8.71. The molecule has 0 aliphatic rings. The van der Waals surface area contributed by atoms with Crippen LogP contribution in [-0.2, 0) is 0 Å². The zero-order chi connectivity index (χ0) is 30.2. The van der Waals surface area contributed by atoms with Gasteiger partial charge in [-0.1, -0.05) is 97.1 Å². The van der Waals surface area contributed by atoms with Crippen LogP contribution in [0.5, 0.6) is 0 Å². The number of furan rings is 2. The summed E-state index contributed by atoms with van der Waals surface area (Å²) in [7, 11) is 0. The van der Waals surface area contributed by atoms with Crippen LogP contribution in [0.25, 0.3) is 99.6 Å². The van der Waals surface area contributed by atoms with Gasteiger partial charge in [0.1, 0.15) is 22.3 Å². The normalized spacial score (nSPS) is 11.9. The van der Waals surface area contributed by atoms with E-state index in [-0.39, 0.29) is 0 Å². The molecule has 46 heavy (non-hydrogen) atoms. The Hall–Kier alpha value is -6.33. The van der Waals surface area contributed by atoms with Crippen molar-refractivity contribution < 1.29 is 8.83 Å². The minimum Gasteiger partial charge on any atom is -0.456 e. The Morgan fingerprint density at radius 1 is 0.326 bits per heavy atom. The smallest absolute Gasteiger partial charge is 0.164 e. The third kappa shape index (κ3) is 3.85. The third-order valence-corrected chi connectivity index (χ3v) is 8.90. The molecule has 0 aliphatic heterocycles. The summed E-state index contributed by atoms with van der Waals surface area (Å²) in [6, 6.07) is 47.7. The fourth-order valence-corrected chi connectivity index (χ4v) is 6.64. The van der Waals surface area contributed by atoms with Crippen LogP contribution < -0.4 is 0 Å². The van der Waals surface area contributed by atoms with Gasteiger partial charge in [0.2, 0.25) is 0 Å². The van der Waals surface area contributed by atoms with Crippen LogP contribution in [0, 0.1) is 0 Å². The maximum absolute atomic E-state index is 6.24. The van der Waals surface area contributed by atoms with Crippen molar-refractivity contribution in [3.05, 3.63) is 140 Å². The molecular weight excluding hydrogens is 566 g/mol. The lowest BCUT2D eigenvalue weighted by Crippen LogP contribution is -2.00. The largest absolute Gasteiger partial charge is 0.456 e. The van der Waals surface area contributed by atoms with E-state index in [0.29, 0.717) is 17.5 Å². The molecule has 0 bridgehead atoms. The van der Waals surface area contributed by atoms with Gasteiger partial charge in [0.15, 0.2) is 17.5 Å². The first kappa shape index (κ1) is 25.0. The molecule has 0 radical (unpaired) electrons. The number of para-hydroxylation sites is 2. The van der Waals surface area contributed by atoms with Gasteiger partial charge in [0.05, 0.1) is 0 Å². The van der Waals surface area contributed by atoms with Crippen LogP contribution in [0.2, 0.25) is 0 Å². The van der Waals surface area contributed by atoms with E-state index in [1.165, 1.54) is 5.39 Å². The molecule has 3 heterocycles. The third-order valence-electron chi connectivity index (χ3n) is 8.90. The number of benzene rings is 7. The lowest BCUT2D eigenvalue weighted by atomic mass is 10.0. The molecule has 0 aliphatic carbocycles. The molecule has 5 nitrogen and oxygen atoms in total. The molecule has 0 saturated carbocycles. The minimum atomic E-state index is 0.586. The molecule has 214 valence electrons. The number of nitrogens with zero attached hydrogens (tertiary/aromatic N) is 3. The molecule has 3 aromatic heterocycles. The van der Waals surface area contributed by atoms with E-state index < -0.39 is 0 Å². The number of hydrogen-bond acceptors (Lipinski definition) is 5. The van der Waals surface area contributed by atoms with Crippen molar-refractivity contribution in [1.82, 2.24) is 15.0 Å². The topological polar surface area (TPSA) is 65.0 Å². The van der Waals surface area contributed by atoms with Gasteiger partial charge in [-0.2, -0.15) is 0 Å². The monoisotopic (exact) mass is 589 g/mol. The maximum atomic E-state index is 6.24. The van der Waals surface area contributed by atoms with Crippen molar-refractivity contribution in [1.29, 1.82) is 0 Å². The quantitative estimate of drug-likeness (QED) is 0.205. The van der Waals surface area contributed by atoms with E-state index in [1.807, 2.05) is 48.5 Å². The Morgan fingerprint density at radius 3 is 1.72 bits per heavy atom.